The highest BCUT2D eigenvalue weighted by molar-refractivity contribution is 6.34. The lowest BCUT2D eigenvalue weighted by atomic mass is 10.0. The first-order valence-electron chi connectivity index (χ1n) is 6.35. The van der Waals surface area contributed by atoms with E-state index in [9.17, 15) is 4.79 Å². The van der Waals surface area contributed by atoms with Crippen LogP contribution in [0.5, 0.6) is 11.5 Å². The van der Waals surface area contributed by atoms with E-state index in [0.29, 0.717) is 22.8 Å². The second-order valence-electron chi connectivity index (χ2n) is 4.46. The molecule has 0 aliphatic carbocycles. The average Bonchev–Trinajstić information content (AvgIpc) is 2.49. The van der Waals surface area contributed by atoms with Gasteiger partial charge in [-0.25, -0.2) is 0 Å². The normalized spacial score (nSPS) is 10.2. The Morgan fingerprint density at radius 3 is 2.38 bits per heavy atom. The maximum Gasteiger partial charge on any atom is 0.250 e. The molecule has 4 nitrogen and oxygen atoms in total. The van der Waals surface area contributed by atoms with Crippen molar-refractivity contribution in [1.29, 1.82) is 0 Å². The molecule has 0 spiro atoms. The maximum absolute atomic E-state index is 11.4. The molecule has 0 saturated carbocycles. The number of nitrogens with two attached hydrogens (primary N) is 1. The summed E-state index contributed by atoms with van der Waals surface area (Å²) in [5.74, 6) is 0.792. The zero-order valence-electron chi connectivity index (χ0n) is 11.9. The largest absolute Gasteiger partial charge is 0.496 e. The Bertz CT molecular complexity index is 671. The number of halogens is 1. The van der Waals surface area contributed by atoms with Crippen LogP contribution in [-0.4, -0.2) is 20.1 Å². The fourth-order valence-corrected chi connectivity index (χ4v) is 2.51. The van der Waals surface area contributed by atoms with E-state index in [2.05, 4.69) is 0 Å². The van der Waals surface area contributed by atoms with Gasteiger partial charge in [0.15, 0.2) is 0 Å². The van der Waals surface area contributed by atoms with Gasteiger partial charge in [0.25, 0.3) is 0 Å². The summed E-state index contributed by atoms with van der Waals surface area (Å²) in [7, 11) is 3.17. The topological polar surface area (TPSA) is 61.6 Å². The van der Waals surface area contributed by atoms with Crippen LogP contribution in [0.25, 0.3) is 0 Å². The van der Waals surface area contributed by atoms with Crippen LogP contribution >= 0.6 is 11.6 Å². The molecule has 5 heteroatoms. The summed E-state index contributed by atoms with van der Waals surface area (Å²) in [4.78, 5) is 11.4. The zero-order valence-corrected chi connectivity index (χ0v) is 12.6. The predicted octanol–water partition coefficient (Wildman–Crippen LogP) is 3.05. The maximum atomic E-state index is 11.4. The van der Waals surface area contributed by atoms with E-state index in [-0.39, 0.29) is 5.56 Å². The molecule has 0 aliphatic rings. The molecule has 2 N–H and O–H groups in total. The van der Waals surface area contributed by atoms with E-state index >= 15 is 0 Å². The van der Waals surface area contributed by atoms with Crippen molar-refractivity contribution in [3.8, 4) is 11.5 Å². The number of amides is 1. The Morgan fingerprint density at radius 1 is 1.10 bits per heavy atom. The van der Waals surface area contributed by atoms with Gasteiger partial charge in [0.1, 0.15) is 11.5 Å². The third-order valence-corrected chi connectivity index (χ3v) is 3.68. The molecule has 0 radical (unpaired) electrons. The molecule has 2 rings (SSSR count). The van der Waals surface area contributed by atoms with Gasteiger partial charge in [0.05, 0.1) is 24.8 Å². The quantitative estimate of drug-likeness (QED) is 0.923. The first-order chi connectivity index (χ1) is 10.1. The van der Waals surface area contributed by atoms with Crippen LogP contribution in [0.4, 0.5) is 0 Å². The molecule has 2 aromatic carbocycles. The van der Waals surface area contributed by atoms with Crippen molar-refractivity contribution in [1.82, 2.24) is 0 Å². The van der Waals surface area contributed by atoms with Crippen molar-refractivity contribution in [2.45, 2.75) is 6.42 Å². The predicted molar refractivity (Wildman–Crippen MR) is 82.3 cm³/mol. The highest BCUT2D eigenvalue weighted by Gasteiger charge is 2.17. The van der Waals surface area contributed by atoms with Gasteiger partial charge in [-0.3, -0.25) is 4.79 Å². The molecule has 110 valence electrons. The van der Waals surface area contributed by atoms with Gasteiger partial charge >= 0.3 is 0 Å². The van der Waals surface area contributed by atoms with Gasteiger partial charge < -0.3 is 15.2 Å². The van der Waals surface area contributed by atoms with Gasteiger partial charge in [-0.2, -0.15) is 0 Å². The summed E-state index contributed by atoms with van der Waals surface area (Å²) >= 11 is 6.31. The third-order valence-electron chi connectivity index (χ3n) is 3.25. The van der Waals surface area contributed by atoms with E-state index in [1.165, 1.54) is 0 Å². The summed E-state index contributed by atoms with van der Waals surface area (Å²) in [5, 5.41) is 0.313. The molecule has 0 aliphatic heterocycles. The second kappa shape index (κ2) is 6.50. The molecule has 21 heavy (non-hydrogen) atoms. The van der Waals surface area contributed by atoms with Gasteiger partial charge in [-0.05, 0) is 23.8 Å². The van der Waals surface area contributed by atoms with E-state index in [4.69, 9.17) is 26.8 Å². The Morgan fingerprint density at radius 2 is 1.76 bits per heavy atom. The number of methoxy groups -OCH3 is 2. The van der Waals surface area contributed by atoms with Crippen LogP contribution in [0, 0.1) is 0 Å². The molecule has 1 amide bonds. The lowest BCUT2D eigenvalue weighted by Gasteiger charge is -2.14. The smallest absolute Gasteiger partial charge is 0.250 e. The van der Waals surface area contributed by atoms with Crippen molar-refractivity contribution in [3.05, 3.63) is 58.1 Å². The minimum Gasteiger partial charge on any atom is -0.496 e. The number of carbonyl (C=O) groups is 1. The third kappa shape index (κ3) is 3.11. The van der Waals surface area contributed by atoms with Crippen LogP contribution in [-0.2, 0) is 6.42 Å². The van der Waals surface area contributed by atoms with Crippen molar-refractivity contribution in [2.75, 3.05) is 14.2 Å². The van der Waals surface area contributed by atoms with Crippen molar-refractivity contribution in [3.63, 3.8) is 0 Å². The molecular formula is C16H16ClNO3. The van der Waals surface area contributed by atoms with Crippen LogP contribution in [0.2, 0.25) is 5.02 Å². The lowest BCUT2D eigenvalue weighted by Crippen LogP contribution is -2.13. The fourth-order valence-electron chi connectivity index (χ4n) is 2.19. The minimum absolute atomic E-state index is 0.280. The second-order valence-corrected chi connectivity index (χ2v) is 4.84. The minimum atomic E-state index is -0.566. The molecule has 0 aromatic heterocycles. The van der Waals surface area contributed by atoms with Crippen LogP contribution in [0.15, 0.2) is 36.4 Å². The summed E-state index contributed by atoms with van der Waals surface area (Å²) in [6.07, 6.45) is 0.479. The standard InChI is InChI=1S/C16H16ClNO3/c1-20-13-6-4-3-5-10(13)9-12-14(21-2)8-7-11(15(12)17)16(18)19/h3-8H,9H2,1-2H3,(H2,18,19). The number of rotatable bonds is 5. The lowest BCUT2D eigenvalue weighted by molar-refractivity contribution is 0.100. The summed E-state index contributed by atoms with van der Waals surface area (Å²) in [6.45, 7) is 0. The number of hydrogen-bond donors (Lipinski definition) is 1. The Labute approximate surface area is 128 Å². The number of hydrogen-bond acceptors (Lipinski definition) is 3. The van der Waals surface area contributed by atoms with Crippen LogP contribution in [0.3, 0.4) is 0 Å². The molecule has 0 saturated heterocycles. The van der Waals surface area contributed by atoms with Gasteiger partial charge in [0.2, 0.25) is 5.91 Å². The molecule has 0 heterocycles. The number of primary amides is 1. The molecule has 2 aromatic rings. The van der Waals surface area contributed by atoms with Crippen molar-refractivity contribution in [2.24, 2.45) is 5.73 Å². The molecule has 0 atom stereocenters. The van der Waals surface area contributed by atoms with Crippen LogP contribution in [0.1, 0.15) is 21.5 Å². The Balaban J connectivity index is 2.52. The number of carbonyl (C=O) groups excluding carboxylic acids is 1. The Hall–Kier alpha value is -2.20. The zero-order chi connectivity index (χ0) is 15.4. The molecular weight excluding hydrogens is 290 g/mol. The average molecular weight is 306 g/mol. The molecule has 0 bridgehead atoms. The fraction of sp³-hybridized carbons (Fsp3) is 0.188. The van der Waals surface area contributed by atoms with Crippen molar-refractivity contribution < 1.29 is 14.3 Å². The van der Waals surface area contributed by atoms with E-state index in [1.807, 2.05) is 24.3 Å². The van der Waals surface area contributed by atoms with Gasteiger partial charge in [0, 0.05) is 12.0 Å². The highest BCUT2D eigenvalue weighted by atomic mass is 35.5. The molecule has 0 unspecified atom stereocenters. The highest BCUT2D eigenvalue weighted by Crippen LogP contribution is 2.33. The SMILES string of the molecule is COc1ccccc1Cc1c(OC)ccc(C(N)=O)c1Cl. The number of para-hydroxylation sites is 1. The van der Waals surface area contributed by atoms with E-state index in [1.54, 1.807) is 26.4 Å². The van der Waals surface area contributed by atoms with E-state index < -0.39 is 5.91 Å². The molecule has 0 fully saturated rings. The first-order valence-corrected chi connectivity index (χ1v) is 6.73. The van der Waals surface area contributed by atoms with Gasteiger partial charge in [-0.15, -0.1) is 0 Å². The summed E-state index contributed by atoms with van der Waals surface area (Å²) < 4.78 is 10.7. The van der Waals surface area contributed by atoms with Crippen molar-refractivity contribution >= 4 is 17.5 Å². The van der Waals surface area contributed by atoms with Gasteiger partial charge in [-0.1, -0.05) is 29.8 Å². The van der Waals surface area contributed by atoms with Crippen LogP contribution < -0.4 is 15.2 Å². The number of ether oxygens (including phenoxy) is 2. The van der Waals surface area contributed by atoms with E-state index in [0.717, 1.165) is 11.3 Å². The number of benzene rings is 2. The summed E-state index contributed by atoms with van der Waals surface area (Å²) in [6, 6.07) is 10.9. The monoisotopic (exact) mass is 305 g/mol. The Kier molecular flexibility index (Phi) is 4.70. The summed E-state index contributed by atoms with van der Waals surface area (Å²) in [5.41, 5.74) is 7.27. The first kappa shape index (κ1) is 15.2.